The van der Waals surface area contributed by atoms with Crippen LogP contribution in [0.5, 0.6) is 0 Å². The van der Waals surface area contributed by atoms with Crippen LogP contribution in [0.4, 0.5) is 0 Å². The Balaban J connectivity index is 1.97. The first kappa shape index (κ1) is 16.0. The van der Waals surface area contributed by atoms with Gasteiger partial charge in [-0.3, -0.25) is 9.59 Å². The molecule has 114 valence electrons. The molecule has 0 spiro atoms. The lowest BCUT2D eigenvalue weighted by atomic mass is 10.1. The summed E-state index contributed by atoms with van der Waals surface area (Å²) >= 11 is 3.44. The van der Waals surface area contributed by atoms with Crippen molar-refractivity contribution in [1.82, 2.24) is 15.5 Å². The molecular formula is C15H20BrN3O2. The Hall–Kier alpha value is -1.40. The van der Waals surface area contributed by atoms with Crippen LogP contribution in [-0.4, -0.2) is 42.4 Å². The highest BCUT2D eigenvalue weighted by Crippen LogP contribution is 2.15. The van der Waals surface area contributed by atoms with Gasteiger partial charge in [0, 0.05) is 30.7 Å². The fourth-order valence-electron chi connectivity index (χ4n) is 2.42. The van der Waals surface area contributed by atoms with Crippen molar-refractivity contribution in [3.05, 3.63) is 34.3 Å². The van der Waals surface area contributed by atoms with Crippen molar-refractivity contribution >= 4 is 27.7 Å². The zero-order valence-corrected chi connectivity index (χ0v) is 13.6. The highest BCUT2D eigenvalue weighted by atomic mass is 79.9. The van der Waals surface area contributed by atoms with Crippen molar-refractivity contribution in [2.75, 3.05) is 19.6 Å². The summed E-state index contributed by atoms with van der Waals surface area (Å²) in [6, 6.07) is 7.50. The maximum absolute atomic E-state index is 12.4. The van der Waals surface area contributed by atoms with Gasteiger partial charge in [-0.15, -0.1) is 0 Å². The minimum absolute atomic E-state index is 0.00696. The molecule has 1 atom stereocenters. The summed E-state index contributed by atoms with van der Waals surface area (Å²) in [5.74, 6) is -0.0971. The van der Waals surface area contributed by atoms with Gasteiger partial charge in [-0.2, -0.15) is 0 Å². The molecule has 6 heteroatoms. The second-order valence-electron chi connectivity index (χ2n) is 5.05. The molecule has 1 unspecified atom stereocenters. The molecule has 0 aromatic heterocycles. The number of amides is 2. The number of piperazine rings is 1. The third kappa shape index (κ3) is 4.54. The normalized spacial score (nSPS) is 18.7. The van der Waals surface area contributed by atoms with Gasteiger partial charge >= 0.3 is 0 Å². The maximum atomic E-state index is 12.4. The number of benzene rings is 1. The Morgan fingerprint density at radius 1 is 1.52 bits per heavy atom. The molecule has 5 nitrogen and oxygen atoms in total. The Morgan fingerprint density at radius 2 is 2.33 bits per heavy atom. The van der Waals surface area contributed by atoms with E-state index in [1.54, 1.807) is 0 Å². The third-order valence-electron chi connectivity index (χ3n) is 3.41. The van der Waals surface area contributed by atoms with E-state index < -0.39 is 6.04 Å². The van der Waals surface area contributed by atoms with Crippen LogP contribution >= 0.6 is 15.9 Å². The van der Waals surface area contributed by atoms with Crippen LogP contribution in [0, 0.1) is 0 Å². The molecule has 2 rings (SSSR count). The van der Waals surface area contributed by atoms with E-state index in [1.807, 2.05) is 36.1 Å². The maximum Gasteiger partial charge on any atom is 0.240 e. The van der Waals surface area contributed by atoms with Gasteiger partial charge in [-0.1, -0.05) is 28.1 Å². The molecule has 2 N–H and O–H groups in total. The molecule has 1 aromatic carbocycles. The summed E-state index contributed by atoms with van der Waals surface area (Å²) in [6.45, 7) is 4.40. The topological polar surface area (TPSA) is 61.4 Å². The molecule has 1 fully saturated rings. The van der Waals surface area contributed by atoms with Crippen molar-refractivity contribution in [1.29, 1.82) is 0 Å². The zero-order chi connectivity index (χ0) is 15.2. The molecule has 2 amide bonds. The van der Waals surface area contributed by atoms with Crippen LogP contribution in [0.2, 0.25) is 0 Å². The van der Waals surface area contributed by atoms with Crippen LogP contribution in [0.25, 0.3) is 0 Å². The van der Waals surface area contributed by atoms with Crippen molar-refractivity contribution in [2.45, 2.75) is 25.9 Å². The Kier molecular flexibility index (Phi) is 5.76. The summed E-state index contributed by atoms with van der Waals surface area (Å²) in [6.07, 6.45) is 0.196. The Bertz CT molecular complexity index is 521. The van der Waals surface area contributed by atoms with Crippen molar-refractivity contribution in [2.24, 2.45) is 0 Å². The van der Waals surface area contributed by atoms with E-state index in [2.05, 4.69) is 26.6 Å². The fraction of sp³-hybridized carbons (Fsp3) is 0.467. The first-order valence-corrected chi connectivity index (χ1v) is 7.92. The number of carbonyl (C=O) groups excluding carboxylic acids is 2. The van der Waals surface area contributed by atoms with E-state index in [1.165, 1.54) is 0 Å². The molecule has 0 saturated carbocycles. The zero-order valence-electron chi connectivity index (χ0n) is 12.1. The first-order chi connectivity index (χ1) is 10.1. The van der Waals surface area contributed by atoms with Gasteiger partial charge in [-0.25, -0.2) is 0 Å². The molecule has 1 aliphatic rings. The molecule has 0 aliphatic carbocycles. The smallest absolute Gasteiger partial charge is 0.240 e. The largest absolute Gasteiger partial charge is 0.356 e. The van der Waals surface area contributed by atoms with Gasteiger partial charge in [0.15, 0.2) is 0 Å². The Morgan fingerprint density at radius 3 is 3.05 bits per heavy atom. The lowest BCUT2D eigenvalue weighted by Gasteiger charge is -2.33. The number of nitrogens with zero attached hydrogens (tertiary/aromatic N) is 1. The van der Waals surface area contributed by atoms with Crippen molar-refractivity contribution in [3.8, 4) is 0 Å². The van der Waals surface area contributed by atoms with Crippen LogP contribution in [0.1, 0.15) is 18.9 Å². The molecule has 1 heterocycles. The minimum atomic E-state index is -0.419. The molecule has 0 radical (unpaired) electrons. The number of halogens is 1. The van der Waals surface area contributed by atoms with E-state index in [9.17, 15) is 9.59 Å². The monoisotopic (exact) mass is 353 g/mol. The van der Waals surface area contributed by atoms with Crippen molar-refractivity contribution < 1.29 is 9.59 Å². The van der Waals surface area contributed by atoms with Gasteiger partial charge in [0.05, 0.1) is 12.5 Å². The average Bonchev–Trinajstić information content (AvgIpc) is 2.44. The van der Waals surface area contributed by atoms with Crippen LogP contribution < -0.4 is 10.6 Å². The standard InChI is InChI=1S/C15H20BrN3O2/c1-2-17-14(20)9-13-15(21)19(7-6-18-13)10-11-4-3-5-12(16)8-11/h3-5,8,13,18H,2,6-7,9-10H2,1H3,(H,17,20). The lowest BCUT2D eigenvalue weighted by Crippen LogP contribution is -2.55. The van der Waals surface area contributed by atoms with Crippen LogP contribution in [0.3, 0.4) is 0 Å². The SMILES string of the molecule is CCNC(=O)CC1NCCN(Cc2cccc(Br)c2)C1=O. The van der Waals surface area contributed by atoms with Gasteiger partial charge in [-0.05, 0) is 24.6 Å². The van der Waals surface area contributed by atoms with Crippen LogP contribution in [-0.2, 0) is 16.1 Å². The van der Waals surface area contributed by atoms with Gasteiger partial charge in [0.1, 0.15) is 0 Å². The summed E-state index contributed by atoms with van der Waals surface area (Å²) < 4.78 is 1.00. The number of carbonyl (C=O) groups is 2. The molecule has 0 bridgehead atoms. The van der Waals surface area contributed by atoms with E-state index in [0.29, 0.717) is 26.2 Å². The number of hydrogen-bond acceptors (Lipinski definition) is 3. The number of nitrogens with one attached hydrogen (secondary N) is 2. The summed E-state index contributed by atoms with van der Waals surface area (Å²) in [4.78, 5) is 25.9. The van der Waals surface area contributed by atoms with Crippen LogP contribution in [0.15, 0.2) is 28.7 Å². The predicted molar refractivity (Wildman–Crippen MR) is 84.7 cm³/mol. The predicted octanol–water partition coefficient (Wildman–Crippen LogP) is 1.28. The van der Waals surface area contributed by atoms with Gasteiger partial charge in [0.25, 0.3) is 0 Å². The summed E-state index contributed by atoms with van der Waals surface area (Å²) in [5.41, 5.74) is 1.08. The minimum Gasteiger partial charge on any atom is -0.356 e. The van der Waals surface area contributed by atoms with E-state index in [-0.39, 0.29) is 18.2 Å². The third-order valence-corrected chi connectivity index (χ3v) is 3.90. The van der Waals surface area contributed by atoms with E-state index in [4.69, 9.17) is 0 Å². The molecule has 21 heavy (non-hydrogen) atoms. The van der Waals surface area contributed by atoms with E-state index in [0.717, 1.165) is 10.0 Å². The van der Waals surface area contributed by atoms with Gasteiger partial charge < -0.3 is 15.5 Å². The first-order valence-electron chi connectivity index (χ1n) is 7.13. The summed E-state index contributed by atoms with van der Waals surface area (Å²) in [5, 5.41) is 5.85. The fourth-order valence-corrected chi connectivity index (χ4v) is 2.87. The quantitative estimate of drug-likeness (QED) is 0.837. The average molecular weight is 354 g/mol. The second kappa shape index (κ2) is 7.56. The number of rotatable bonds is 5. The van der Waals surface area contributed by atoms with E-state index >= 15 is 0 Å². The molecular weight excluding hydrogens is 334 g/mol. The summed E-state index contributed by atoms with van der Waals surface area (Å²) in [7, 11) is 0. The highest BCUT2D eigenvalue weighted by Gasteiger charge is 2.29. The lowest BCUT2D eigenvalue weighted by molar-refractivity contribution is -0.138. The number of hydrogen-bond donors (Lipinski definition) is 2. The Labute approximate surface area is 133 Å². The van der Waals surface area contributed by atoms with Gasteiger partial charge in [0.2, 0.25) is 11.8 Å². The molecule has 1 aliphatic heterocycles. The highest BCUT2D eigenvalue weighted by molar-refractivity contribution is 9.10. The second-order valence-corrected chi connectivity index (χ2v) is 5.97. The van der Waals surface area contributed by atoms with Crippen molar-refractivity contribution in [3.63, 3.8) is 0 Å². The molecule has 1 saturated heterocycles. The molecule has 1 aromatic rings.